The van der Waals surface area contributed by atoms with Gasteiger partial charge in [0.25, 0.3) is 20.2 Å². The Balaban J connectivity index is 2.01. The first-order valence-corrected chi connectivity index (χ1v) is 13.3. The van der Waals surface area contributed by atoms with E-state index in [0.717, 1.165) is 38.1 Å². The molecule has 0 aromatic heterocycles. The minimum absolute atomic E-state index is 0.304. The number of hydrogen-bond donors (Lipinski definition) is 0. The Labute approximate surface area is 202 Å². The van der Waals surface area contributed by atoms with Gasteiger partial charge in [-0.3, -0.25) is 13.6 Å². The van der Waals surface area contributed by atoms with Crippen LogP contribution in [0.5, 0.6) is 0 Å². The Kier molecular flexibility index (Phi) is 9.37. The normalized spacial score (nSPS) is 13.4. The van der Waals surface area contributed by atoms with E-state index in [1.165, 1.54) is 0 Å². The van der Waals surface area contributed by atoms with Gasteiger partial charge < -0.3 is 0 Å². The largest absolute Gasteiger partial charge is 0.417 e. The third-order valence-electron chi connectivity index (χ3n) is 4.29. The van der Waals surface area contributed by atoms with Gasteiger partial charge in [-0.15, -0.1) is 0 Å². The lowest BCUT2D eigenvalue weighted by molar-refractivity contribution is -0.140. The van der Waals surface area contributed by atoms with E-state index in [-0.39, 0.29) is 11.1 Å². The molecule has 0 N–H and O–H groups in total. The van der Waals surface area contributed by atoms with E-state index in [1.807, 2.05) is 0 Å². The summed E-state index contributed by atoms with van der Waals surface area (Å²) in [4.78, 5) is -2.40. The van der Waals surface area contributed by atoms with Crippen LogP contribution in [0.3, 0.4) is 0 Å². The molecule has 9 nitrogen and oxygen atoms in total. The number of alkyl halides is 6. The first-order chi connectivity index (χ1) is 16.4. The van der Waals surface area contributed by atoms with Crippen molar-refractivity contribution in [1.29, 1.82) is 0 Å². The molecule has 0 spiro atoms. The molecule has 2 aromatic carbocycles. The molecule has 0 bridgehead atoms. The molecule has 2 rings (SSSR count). The Hall–Kier alpha value is -2.01. The highest BCUT2D eigenvalue weighted by Gasteiger charge is 2.39. The Morgan fingerprint density at radius 3 is 1.33 bits per heavy atom. The van der Waals surface area contributed by atoms with E-state index in [0.29, 0.717) is 12.1 Å². The second-order valence-electron chi connectivity index (χ2n) is 6.82. The van der Waals surface area contributed by atoms with Gasteiger partial charge in [0.05, 0.1) is 11.1 Å². The average molecular weight is 586 g/mol. The van der Waals surface area contributed by atoms with Crippen molar-refractivity contribution in [3.63, 3.8) is 0 Å². The zero-order valence-corrected chi connectivity index (χ0v) is 20.8. The topological polar surface area (TPSA) is 122 Å². The van der Waals surface area contributed by atoms with E-state index >= 15 is 0 Å². The van der Waals surface area contributed by atoms with E-state index in [2.05, 4.69) is 17.4 Å². The van der Waals surface area contributed by atoms with Crippen molar-refractivity contribution in [1.82, 2.24) is 0 Å². The molecule has 0 aliphatic carbocycles. The Morgan fingerprint density at radius 2 is 1.03 bits per heavy atom. The summed E-state index contributed by atoms with van der Waals surface area (Å²) < 4.78 is 157. The lowest BCUT2D eigenvalue weighted by Gasteiger charge is -2.16. The minimum Gasteiger partial charge on any atom is -0.282 e. The highest BCUT2D eigenvalue weighted by atomic mass is 32.2. The van der Waals surface area contributed by atoms with Crippen LogP contribution in [0.1, 0.15) is 22.3 Å². The van der Waals surface area contributed by atoms with E-state index in [1.54, 1.807) is 0 Å². The number of aryl methyl sites for hydroxylation is 2. The maximum absolute atomic E-state index is 13.1. The molecule has 0 unspecified atom stereocenters. The minimum atomic E-state index is -5.06. The van der Waals surface area contributed by atoms with Gasteiger partial charge in [0, 0.05) is 0 Å². The lowest BCUT2D eigenvalue weighted by Crippen LogP contribution is -2.18. The fraction of sp³-hybridized carbons (Fsp3) is 0.333. The van der Waals surface area contributed by atoms with Gasteiger partial charge in [-0.1, -0.05) is 24.3 Å². The van der Waals surface area contributed by atoms with Crippen LogP contribution in [-0.2, 0) is 54.6 Å². The molecule has 0 saturated carbocycles. The maximum atomic E-state index is 13.1. The van der Waals surface area contributed by atoms with Crippen LogP contribution in [0.2, 0.25) is 0 Å². The van der Waals surface area contributed by atoms with Gasteiger partial charge in [0.2, 0.25) is 0 Å². The Bertz CT molecular complexity index is 1240. The van der Waals surface area contributed by atoms with Crippen LogP contribution in [-0.4, -0.2) is 30.4 Å². The SMILES string of the molecule is Cc1cccc(C(F)(F)F)c1S(=O)(=O)OCO[PH](=O)OCOS(=O)(=O)c1c(C)cccc1C(F)(F)F. The third-order valence-corrected chi connectivity index (χ3v) is 7.90. The van der Waals surface area contributed by atoms with Gasteiger partial charge in [-0.05, 0) is 37.1 Å². The molecule has 0 aliphatic rings. The van der Waals surface area contributed by atoms with Crippen LogP contribution in [0.4, 0.5) is 26.3 Å². The molecular formula is C18H17F6O9PS2. The molecule has 0 radical (unpaired) electrons. The van der Waals surface area contributed by atoms with E-state index in [4.69, 9.17) is 0 Å². The van der Waals surface area contributed by atoms with Crippen molar-refractivity contribution in [2.75, 3.05) is 13.6 Å². The molecule has 2 aromatic rings. The van der Waals surface area contributed by atoms with Crippen LogP contribution in [0, 0.1) is 13.8 Å². The molecule has 18 heteroatoms. The van der Waals surface area contributed by atoms with Crippen LogP contribution < -0.4 is 0 Å². The predicted molar refractivity (Wildman–Crippen MR) is 110 cm³/mol. The summed E-state index contributed by atoms with van der Waals surface area (Å²) in [6.45, 7) is -0.632. The zero-order valence-electron chi connectivity index (χ0n) is 18.1. The van der Waals surface area contributed by atoms with Gasteiger partial charge >= 0.3 is 20.6 Å². The highest BCUT2D eigenvalue weighted by molar-refractivity contribution is 7.87. The lowest BCUT2D eigenvalue weighted by atomic mass is 10.1. The number of hydrogen-bond acceptors (Lipinski definition) is 9. The molecule has 0 heterocycles. The molecule has 0 amide bonds. The van der Waals surface area contributed by atoms with Crippen molar-refractivity contribution in [3.8, 4) is 0 Å². The van der Waals surface area contributed by atoms with Crippen molar-refractivity contribution in [2.24, 2.45) is 0 Å². The number of halogens is 6. The van der Waals surface area contributed by atoms with Crippen LogP contribution in [0.15, 0.2) is 46.2 Å². The van der Waals surface area contributed by atoms with Crippen LogP contribution >= 0.6 is 8.25 Å². The van der Waals surface area contributed by atoms with Gasteiger partial charge in [0.15, 0.2) is 13.6 Å². The van der Waals surface area contributed by atoms with Gasteiger partial charge in [0.1, 0.15) is 9.79 Å². The quantitative estimate of drug-likeness (QED) is 0.167. The summed E-state index contributed by atoms with van der Waals surface area (Å²) in [6, 6.07) is 5.12. The van der Waals surface area contributed by atoms with Gasteiger partial charge in [-0.25, -0.2) is 8.37 Å². The summed E-state index contributed by atoms with van der Waals surface area (Å²) in [7, 11) is -13.9. The second-order valence-corrected chi connectivity index (χ2v) is 11.0. The second kappa shape index (κ2) is 11.2. The third kappa shape index (κ3) is 7.50. The highest BCUT2D eigenvalue weighted by Crippen LogP contribution is 2.38. The maximum Gasteiger partial charge on any atom is 0.417 e. The van der Waals surface area contributed by atoms with Crippen molar-refractivity contribution >= 4 is 28.5 Å². The van der Waals surface area contributed by atoms with Crippen molar-refractivity contribution in [2.45, 2.75) is 36.0 Å². The van der Waals surface area contributed by atoms with E-state index in [9.17, 15) is 47.7 Å². The molecule has 202 valence electrons. The molecule has 0 fully saturated rings. The zero-order chi connectivity index (χ0) is 27.5. The average Bonchev–Trinajstić information content (AvgIpc) is 2.71. The monoisotopic (exact) mass is 586 g/mol. The summed E-state index contributed by atoms with van der Waals surface area (Å²) in [6.07, 6.45) is -10.1. The van der Waals surface area contributed by atoms with Crippen molar-refractivity contribution in [3.05, 3.63) is 58.7 Å². The summed E-state index contributed by atoms with van der Waals surface area (Å²) >= 11 is 0. The molecule has 36 heavy (non-hydrogen) atoms. The summed E-state index contributed by atoms with van der Waals surface area (Å²) in [5, 5.41) is 0. The smallest absolute Gasteiger partial charge is 0.282 e. The standard InChI is InChI=1S/C18H17F6O9PS2/c1-11-5-3-7-13(17(19,20)21)15(11)35(26,27)32-9-30-34(25)31-10-33-36(28,29)16-12(2)6-4-8-14(16)18(22,23)24/h3-8,34H,9-10H2,1-2H3. The molecular weight excluding hydrogens is 569 g/mol. The van der Waals surface area contributed by atoms with Crippen LogP contribution in [0.25, 0.3) is 0 Å². The predicted octanol–water partition coefficient (Wildman–Crippen LogP) is 4.79. The van der Waals surface area contributed by atoms with Crippen molar-refractivity contribution < 1.29 is 65.2 Å². The molecule has 0 saturated heterocycles. The Morgan fingerprint density at radius 1 is 0.694 bits per heavy atom. The first-order valence-electron chi connectivity index (χ1n) is 9.30. The summed E-state index contributed by atoms with van der Waals surface area (Å²) in [5.74, 6) is 0. The first kappa shape index (κ1) is 30.2. The number of rotatable bonds is 10. The fourth-order valence-corrected chi connectivity index (χ4v) is 5.83. The summed E-state index contributed by atoms with van der Waals surface area (Å²) in [5.41, 5.74) is -3.64. The number of benzene rings is 2. The van der Waals surface area contributed by atoms with E-state index < -0.39 is 75.3 Å². The van der Waals surface area contributed by atoms with Gasteiger partial charge in [-0.2, -0.15) is 43.2 Å². The molecule has 0 aliphatic heterocycles. The fourth-order valence-electron chi connectivity index (χ4n) is 2.85. The molecule has 0 atom stereocenters.